The fraction of sp³-hybridized carbons (Fsp3) is 0.647. The van der Waals surface area contributed by atoms with Crippen molar-refractivity contribution in [3.63, 3.8) is 0 Å². The summed E-state index contributed by atoms with van der Waals surface area (Å²) >= 11 is 0. The van der Waals surface area contributed by atoms with Crippen molar-refractivity contribution < 1.29 is 14.2 Å². The van der Waals surface area contributed by atoms with E-state index in [1.54, 1.807) is 7.11 Å². The highest BCUT2D eigenvalue weighted by Crippen LogP contribution is 2.19. The van der Waals surface area contributed by atoms with Crippen LogP contribution >= 0.6 is 0 Å². The number of nitrogens with one attached hydrogen (secondary N) is 1. The quantitative estimate of drug-likeness (QED) is 0.719. The van der Waals surface area contributed by atoms with Gasteiger partial charge in [0.1, 0.15) is 5.75 Å². The smallest absolute Gasteiger partial charge is 0.119 e. The summed E-state index contributed by atoms with van der Waals surface area (Å²) in [5.74, 6) is 0.901. The standard InChI is InChI=1S/C17H29NO3/c1-6-18-17(12-20-14(4)11-19-5)15-7-9-16(10-8-15)21-13(2)3/h7-10,13-14,17-18H,6,11-12H2,1-5H3. The first-order chi connectivity index (χ1) is 10.1. The van der Waals surface area contributed by atoms with Gasteiger partial charge in [0, 0.05) is 7.11 Å². The van der Waals surface area contributed by atoms with E-state index in [0.717, 1.165) is 12.3 Å². The molecule has 4 nitrogen and oxygen atoms in total. The third-order valence-corrected chi connectivity index (χ3v) is 3.05. The molecule has 0 bridgehead atoms. The molecule has 0 radical (unpaired) electrons. The molecule has 0 amide bonds. The van der Waals surface area contributed by atoms with Gasteiger partial charge < -0.3 is 19.5 Å². The molecule has 1 N–H and O–H groups in total. The van der Waals surface area contributed by atoms with Gasteiger partial charge in [-0.05, 0) is 45.0 Å². The molecule has 0 aliphatic carbocycles. The van der Waals surface area contributed by atoms with E-state index in [0.29, 0.717) is 13.2 Å². The van der Waals surface area contributed by atoms with Crippen LogP contribution in [0.25, 0.3) is 0 Å². The molecule has 0 aromatic heterocycles. The predicted molar refractivity (Wildman–Crippen MR) is 85.9 cm³/mol. The van der Waals surface area contributed by atoms with E-state index in [-0.39, 0.29) is 18.2 Å². The summed E-state index contributed by atoms with van der Waals surface area (Å²) < 4.78 is 16.6. The Kier molecular flexibility index (Phi) is 8.35. The minimum absolute atomic E-state index is 0.0969. The number of methoxy groups -OCH3 is 1. The molecule has 0 saturated heterocycles. The molecule has 21 heavy (non-hydrogen) atoms. The zero-order valence-electron chi connectivity index (χ0n) is 13.9. The Morgan fingerprint density at radius 2 is 1.71 bits per heavy atom. The van der Waals surface area contributed by atoms with Gasteiger partial charge >= 0.3 is 0 Å². The van der Waals surface area contributed by atoms with Gasteiger partial charge in [-0.15, -0.1) is 0 Å². The van der Waals surface area contributed by atoms with Crippen LogP contribution < -0.4 is 10.1 Å². The van der Waals surface area contributed by atoms with Crippen LogP contribution in [-0.2, 0) is 9.47 Å². The van der Waals surface area contributed by atoms with E-state index in [1.165, 1.54) is 5.56 Å². The topological polar surface area (TPSA) is 39.7 Å². The van der Waals surface area contributed by atoms with E-state index >= 15 is 0 Å². The molecule has 2 unspecified atom stereocenters. The van der Waals surface area contributed by atoms with Crippen molar-refractivity contribution in [2.24, 2.45) is 0 Å². The molecule has 4 heteroatoms. The van der Waals surface area contributed by atoms with Gasteiger partial charge in [-0.1, -0.05) is 19.1 Å². The normalized spacial score (nSPS) is 14.2. The first-order valence-corrected chi connectivity index (χ1v) is 7.67. The fourth-order valence-electron chi connectivity index (χ4n) is 2.11. The minimum atomic E-state index is 0.0969. The molecule has 0 aliphatic heterocycles. The lowest BCUT2D eigenvalue weighted by molar-refractivity contribution is -0.000391. The van der Waals surface area contributed by atoms with Crippen molar-refractivity contribution in [2.45, 2.75) is 45.9 Å². The van der Waals surface area contributed by atoms with E-state index in [2.05, 4.69) is 24.4 Å². The van der Waals surface area contributed by atoms with Crippen molar-refractivity contribution in [3.05, 3.63) is 29.8 Å². The molecule has 0 saturated carbocycles. The maximum Gasteiger partial charge on any atom is 0.119 e. The van der Waals surface area contributed by atoms with Crippen LogP contribution in [0.3, 0.4) is 0 Å². The Morgan fingerprint density at radius 1 is 1.05 bits per heavy atom. The van der Waals surface area contributed by atoms with Gasteiger partial charge in [0.25, 0.3) is 0 Å². The Hall–Kier alpha value is -1.10. The second kappa shape index (κ2) is 9.77. The van der Waals surface area contributed by atoms with Gasteiger partial charge in [0.2, 0.25) is 0 Å². The fourth-order valence-corrected chi connectivity index (χ4v) is 2.11. The lowest BCUT2D eigenvalue weighted by atomic mass is 10.1. The molecule has 1 aromatic rings. The minimum Gasteiger partial charge on any atom is -0.491 e. The molecule has 0 spiro atoms. The molecule has 0 aliphatic rings. The summed E-state index contributed by atoms with van der Waals surface area (Å²) in [5.41, 5.74) is 1.21. The van der Waals surface area contributed by atoms with Crippen LogP contribution in [0.2, 0.25) is 0 Å². The van der Waals surface area contributed by atoms with E-state index in [1.807, 2.05) is 32.9 Å². The molecule has 0 heterocycles. The van der Waals surface area contributed by atoms with Crippen molar-refractivity contribution in [3.8, 4) is 5.75 Å². The first-order valence-electron chi connectivity index (χ1n) is 7.67. The third kappa shape index (κ3) is 6.93. The number of rotatable bonds is 10. The number of likely N-dealkylation sites (N-methyl/N-ethyl adjacent to an activating group) is 1. The predicted octanol–water partition coefficient (Wildman–Crippen LogP) is 3.18. The summed E-state index contributed by atoms with van der Waals surface area (Å²) in [5, 5.41) is 3.45. The first kappa shape index (κ1) is 18.0. The summed E-state index contributed by atoms with van der Waals surface area (Å²) in [7, 11) is 1.69. The number of benzene rings is 1. The van der Waals surface area contributed by atoms with Gasteiger partial charge in [-0.25, -0.2) is 0 Å². The monoisotopic (exact) mass is 295 g/mol. The van der Waals surface area contributed by atoms with Gasteiger partial charge in [-0.3, -0.25) is 0 Å². The van der Waals surface area contributed by atoms with Crippen LogP contribution in [0.4, 0.5) is 0 Å². The van der Waals surface area contributed by atoms with E-state index in [4.69, 9.17) is 14.2 Å². The Morgan fingerprint density at radius 3 is 2.24 bits per heavy atom. The number of ether oxygens (including phenoxy) is 3. The summed E-state index contributed by atoms with van der Waals surface area (Å²) in [6.07, 6.45) is 0.290. The number of hydrogen-bond acceptors (Lipinski definition) is 4. The van der Waals surface area contributed by atoms with Crippen LogP contribution in [0, 0.1) is 0 Å². The van der Waals surface area contributed by atoms with Crippen LogP contribution in [-0.4, -0.2) is 39.1 Å². The Balaban J connectivity index is 2.62. The van der Waals surface area contributed by atoms with E-state index < -0.39 is 0 Å². The zero-order chi connectivity index (χ0) is 15.7. The third-order valence-electron chi connectivity index (χ3n) is 3.05. The van der Waals surface area contributed by atoms with Gasteiger partial charge in [-0.2, -0.15) is 0 Å². The molecule has 2 atom stereocenters. The average molecular weight is 295 g/mol. The van der Waals surface area contributed by atoms with Gasteiger partial charge in [0.15, 0.2) is 0 Å². The maximum absolute atomic E-state index is 5.83. The highest BCUT2D eigenvalue weighted by Gasteiger charge is 2.13. The van der Waals surface area contributed by atoms with Crippen LogP contribution in [0.5, 0.6) is 5.75 Å². The van der Waals surface area contributed by atoms with Crippen molar-refractivity contribution >= 4 is 0 Å². The summed E-state index contributed by atoms with van der Waals surface area (Å²) in [6, 6.07) is 8.39. The van der Waals surface area contributed by atoms with Crippen molar-refractivity contribution in [1.29, 1.82) is 0 Å². The Bertz CT molecular complexity index is 378. The highest BCUT2D eigenvalue weighted by molar-refractivity contribution is 5.29. The van der Waals surface area contributed by atoms with Crippen LogP contribution in [0.1, 0.15) is 39.3 Å². The SMILES string of the molecule is CCNC(COC(C)COC)c1ccc(OC(C)C)cc1. The van der Waals surface area contributed by atoms with Crippen molar-refractivity contribution in [2.75, 3.05) is 26.9 Å². The second-order valence-electron chi connectivity index (χ2n) is 5.45. The maximum atomic E-state index is 5.83. The molecule has 1 aromatic carbocycles. The Labute approximate surface area is 128 Å². The largest absolute Gasteiger partial charge is 0.491 e. The van der Waals surface area contributed by atoms with Crippen LogP contribution in [0.15, 0.2) is 24.3 Å². The molecular weight excluding hydrogens is 266 g/mol. The average Bonchev–Trinajstić information content (AvgIpc) is 2.44. The lowest BCUT2D eigenvalue weighted by Crippen LogP contribution is -2.28. The number of hydrogen-bond donors (Lipinski definition) is 1. The lowest BCUT2D eigenvalue weighted by Gasteiger charge is -2.21. The van der Waals surface area contributed by atoms with E-state index in [9.17, 15) is 0 Å². The summed E-state index contributed by atoms with van der Waals surface area (Å²) in [4.78, 5) is 0. The summed E-state index contributed by atoms with van der Waals surface area (Å²) in [6.45, 7) is 10.3. The molecule has 120 valence electrons. The molecule has 0 fully saturated rings. The highest BCUT2D eigenvalue weighted by atomic mass is 16.5. The van der Waals surface area contributed by atoms with Gasteiger partial charge in [0.05, 0.1) is 31.5 Å². The van der Waals surface area contributed by atoms with Crippen molar-refractivity contribution in [1.82, 2.24) is 5.32 Å². The second-order valence-corrected chi connectivity index (χ2v) is 5.45. The molecule has 1 rings (SSSR count). The molecular formula is C17H29NO3. The zero-order valence-corrected chi connectivity index (χ0v) is 13.9.